The van der Waals surface area contributed by atoms with E-state index in [1.807, 2.05) is 50.6 Å². The number of anilines is 1. The van der Waals surface area contributed by atoms with Crippen LogP contribution in [0.4, 0.5) is 10.5 Å². The molecule has 2 N–H and O–H groups in total. The van der Waals surface area contributed by atoms with E-state index in [2.05, 4.69) is 10.6 Å². The molecule has 0 bridgehead atoms. The normalized spacial score (nSPS) is 16.8. The third-order valence-electron chi connectivity index (χ3n) is 6.18. The summed E-state index contributed by atoms with van der Waals surface area (Å²) in [5.74, 6) is -0.333. The van der Waals surface area contributed by atoms with E-state index < -0.39 is 5.60 Å². The van der Waals surface area contributed by atoms with Crippen molar-refractivity contribution in [3.63, 3.8) is 0 Å². The average molecular weight is 467 g/mol. The highest BCUT2D eigenvalue weighted by molar-refractivity contribution is 6.04. The molecule has 0 unspecified atom stereocenters. The minimum Gasteiger partial charge on any atom is -0.444 e. The number of aromatic nitrogens is 1. The number of likely N-dealkylation sites (tertiary alicyclic amines) is 1. The molecule has 2 fully saturated rings. The molecule has 1 aromatic heterocycles. The van der Waals surface area contributed by atoms with Crippen LogP contribution in [0.2, 0.25) is 0 Å². The van der Waals surface area contributed by atoms with Gasteiger partial charge in [-0.05, 0) is 83.2 Å². The van der Waals surface area contributed by atoms with Crippen molar-refractivity contribution in [2.75, 3.05) is 18.4 Å². The predicted octanol–water partition coefficient (Wildman–Crippen LogP) is 4.51. The highest BCUT2D eigenvalue weighted by Gasteiger charge is 2.29. The second-order valence-electron chi connectivity index (χ2n) is 10.2. The van der Waals surface area contributed by atoms with Gasteiger partial charge in [-0.25, -0.2) is 4.79 Å². The van der Waals surface area contributed by atoms with Crippen molar-refractivity contribution in [1.82, 2.24) is 14.8 Å². The summed E-state index contributed by atoms with van der Waals surface area (Å²) in [5, 5.41) is 5.97. The summed E-state index contributed by atoms with van der Waals surface area (Å²) < 4.78 is 7.47. The molecule has 2 aliphatic rings. The first-order valence-electron chi connectivity index (χ1n) is 12.0. The summed E-state index contributed by atoms with van der Waals surface area (Å²) >= 11 is 0. The fourth-order valence-electron chi connectivity index (χ4n) is 4.14. The third kappa shape index (κ3) is 5.79. The van der Waals surface area contributed by atoms with Crippen LogP contribution in [-0.4, -0.2) is 52.1 Å². The smallest absolute Gasteiger partial charge is 0.410 e. The highest BCUT2D eigenvalue weighted by atomic mass is 16.6. The Labute approximate surface area is 200 Å². The van der Waals surface area contributed by atoms with E-state index in [1.54, 1.807) is 23.1 Å². The van der Waals surface area contributed by atoms with Gasteiger partial charge >= 0.3 is 6.09 Å². The van der Waals surface area contributed by atoms with Crippen LogP contribution in [0, 0.1) is 6.92 Å². The quantitative estimate of drug-likeness (QED) is 0.678. The van der Waals surface area contributed by atoms with Crippen LogP contribution >= 0.6 is 0 Å². The van der Waals surface area contributed by atoms with E-state index in [9.17, 15) is 14.4 Å². The van der Waals surface area contributed by atoms with Gasteiger partial charge in [-0.15, -0.1) is 0 Å². The van der Waals surface area contributed by atoms with Crippen molar-refractivity contribution in [1.29, 1.82) is 0 Å². The number of hydrogen-bond donors (Lipinski definition) is 2. The Morgan fingerprint density at radius 1 is 1.00 bits per heavy atom. The minimum atomic E-state index is -0.520. The highest BCUT2D eigenvalue weighted by Crippen LogP contribution is 2.27. The number of hydrogen-bond acceptors (Lipinski definition) is 4. The first-order valence-corrected chi connectivity index (χ1v) is 12.0. The van der Waals surface area contributed by atoms with Gasteiger partial charge in [0.25, 0.3) is 11.8 Å². The largest absolute Gasteiger partial charge is 0.444 e. The van der Waals surface area contributed by atoms with Crippen molar-refractivity contribution < 1.29 is 19.1 Å². The summed E-state index contributed by atoms with van der Waals surface area (Å²) in [7, 11) is 0. The van der Waals surface area contributed by atoms with Crippen LogP contribution < -0.4 is 10.6 Å². The standard InChI is InChI=1S/C26H34N4O4/c1-17-7-8-18(23(31)27-19-9-10-19)16-21(17)28-24(32)22-6-5-13-30(22)20-11-14-29(15-12-20)25(33)34-26(2,3)4/h5-8,13,16,19-20H,9-12,14-15H2,1-4H3,(H,27,31)(H,28,32). The summed E-state index contributed by atoms with van der Waals surface area (Å²) in [6.07, 6.45) is 5.14. The Kier molecular flexibility index (Phi) is 6.68. The number of ether oxygens (including phenoxy) is 1. The van der Waals surface area contributed by atoms with Gasteiger partial charge in [-0.3, -0.25) is 9.59 Å². The molecule has 0 radical (unpaired) electrons. The zero-order chi connectivity index (χ0) is 24.5. The lowest BCUT2D eigenvalue weighted by atomic mass is 10.0. The van der Waals surface area contributed by atoms with Crippen LogP contribution in [0.5, 0.6) is 0 Å². The molecule has 0 atom stereocenters. The van der Waals surface area contributed by atoms with E-state index in [0.717, 1.165) is 31.2 Å². The molecule has 1 aliphatic carbocycles. The van der Waals surface area contributed by atoms with Gasteiger partial charge in [0.1, 0.15) is 11.3 Å². The molecule has 2 aromatic rings. The zero-order valence-electron chi connectivity index (χ0n) is 20.4. The van der Waals surface area contributed by atoms with Gasteiger partial charge in [0.2, 0.25) is 0 Å². The lowest BCUT2D eigenvalue weighted by molar-refractivity contribution is 0.0187. The Morgan fingerprint density at radius 2 is 1.71 bits per heavy atom. The fraction of sp³-hybridized carbons (Fsp3) is 0.500. The van der Waals surface area contributed by atoms with E-state index >= 15 is 0 Å². The molecule has 3 amide bonds. The van der Waals surface area contributed by atoms with E-state index in [4.69, 9.17) is 4.74 Å². The average Bonchev–Trinajstić information content (AvgIpc) is 3.45. The maximum absolute atomic E-state index is 13.2. The summed E-state index contributed by atoms with van der Waals surface area (Å²) in [6.45, 7) is 8.65. The lowest BCUT2D eigenvalue weighted by Gasteiger charge is -2.34. The first-order chi connectivity index (χ1) is 16.1. The van der Waals surface area contributed by atoms with Gasteiger partial charge in [-0.2, -0.15) is 0 Å². The van der Waals surface area contributed by atoms with Crippen LogP contribution in [0.15, 0.2) is 36.5 Å². The Hall–Kier alpha value is -3.29. The van der Waals surface area contributed by atoms with Crippen LogP contribution in [0.1, 0.15) is 78.9 Å². The second kappa shape index (κ2) is 9.52. The number of rotatable bonds is 5. The van der Waals surface area contributed by atoms with Crippen LogP contribution in [0.25, 0.3) is 0 Å². The monoisotopic (exact) mass is 466 g/mol. The second-order valence-corrected chi connectivity index (χ2v) is 10.2. The molecule has 1 aliphatic heterocycles. The molecule has 1 saturated carbocycles. The Balaban J connectivity index is 1.40. The molecule has 8 nitrogen and oxygen atoms in total. The van der Waals surface area contributed by atoms with Crippen molar-refractivity contribution in [2.24, 2.45) is 0 Å². The number of amides is 3. The van der Waals surface area contributed by atoms with E-state index in [-0.39, 0.29) is 30.0 Å². The molecular weight excluding hydrogens is 432 g/mol. The molecule has 1 saturated heterocycles. The lowest BCUT2D eigenvalue weighted by Crippen LogP contribution is -2.42. The van der Waals surface area contributed by atoms with Crippen molar-refractivity contribution in [3.05, 3.63) is 53.3 Å². The SMILES string of the molecule is Cc1ccc(C(=O)NC2CC2)cc1NC(=O)c1cccn1C1CCN(C(=O)OC(C)(C)C)CC1. The zero-order valence-corrected chi connectivity index (χ0v) is 20.4. The number of piperidine rings is 1. The number of nitrogens with zero attached hydrogens (tertiary/aromatic N) is 2. The Morgan fingerprint density at radius 3 is 2.35 bits per heavy atom. The number of nitrogens with one attached hydrogen (secondary N) is 2. The Bertz CT molecular complexity index is 1070. The van der Waals surface area contributed by atoms with E-state index in [1.165, 1.54) is 0 Å². The molecule has 8 heteroatoms. The number of carbonyl (C=O) groups is 3. The number of aryl methyl sites for hydroxylation is 1. The van der Waals surface area contributed by atoms with Gasteiger partial charge in [0.15, 0.2) is 0 Å². The van der Waals surface area contributed by atoms with Crippen molar-refractivity contribution >= 4 is 23.6 Å². The van der Waals surface area contributed by atoms with Crippen molar-refractivity contribution in [2.45, 2.75) is 71.1 Å². The predicted molar refractivity (Wildman–Crippen MR) is 130 cm³/mol. The minimum absolute atomic E-state index is 0.113. The van der Waals surface area contributed by atoms with Gasteiger partial charge in [0.05, 0.1) is 0 Å². The van der Waals surface area contributed by atoms with E-state index in [0.29, 0.717) is 30.0 Å². The topological polar surface area (TPSA) is 92.7 Å². The van der Waals surface area contributed by atoms with Gasteiger partial charge in [0, 0.05) is 42.6 Å². The van der Waals surface area contributed by atoms with Gasteiger partial charge < -0.3 is 24.8 Å². The summed E-state index contributed by atoms with van der Waals surface area (Å²) in [5.41, 5.74) is 2.09. The molecule has 2 heterocycles. The molecule has 34 heavy (non-hydrogen) atoms. The molecule has 4 rings (SSSR count). The first kappa shape index (κ1) is 23.9. The van der Waals surface area contributed by atoms with Crippen molar-refractivity contribution in [3.8, 4) is 0 Å². The summed E-state index contributed by atoms with van der Waals surface area (Å²) in [6, 6.07) is 9.42. The number of benzene rings is 1. The third-order valence-corrected chi connectivity index (χ3v) is 6.18. The molecule has 182 valence electrons. The molecule has 1 aromatic carbocycles. The fourth-order valence-corrected chi connectivity index (χ4v) is 4.14. The summed E-state index contributed by atoms with van der Waals surface area (Å²) in [4.78, 5) is 39.7. The molecular formula is C26H34N4O4. The maximum atomic E-state index is 13.2. The molecule has 0 spiro atoms. The van der Waals surface area contributed by atoms with Gasteiger partial charge in [-0.1, -0.05) is 6.07 Å². The van der Waals surface area contributed by atoms with Crippen LogP contribution in [0.3, 0.4) is 0 Å². The van der Waals surface area contributed by atoms with Crippen LogP contribution in [-0.2, 0) is 4.74 Å². The maximum Gasteiger partial charge on any atom is 0.410 e. The number of carbonyl (C=O) groups excluding carboxylic acids is 3.